The van der Waals surface area contributed by atoms with Gasteiger partial charge in [0.05, 0.1) is 5.56 Å². The van der Waals surface area contributed by atoms with Gasteiger partial charge in [-0.05, 0) is 45.5 Å². The van der Waals surface area contributed by atoms with Gasteiger partial charge in [-0.2, -0.15) is 5.26 Å². The fourth-order valence-electron chi connectivity index (χ4n) is 2.30. The Morgan fingerprint density at radius 1 is 1.56 bits per heavy atom. The minimum atomic E-state index is 0.546. The van der Waals surface area contributed by atoms with Crippen LogP contribution in [0, 0.1) is 17.2 Å². The van der Waals surface area contributed by atoms with Gasteiger partial charge in [0.2, 0.25) is 0 Å². The number of allylic oxidation sites excluding steroid dienone is 1. The van der Waals surface area contributed by atoms with Gasteiger partial charge in [-0.15, -0.1) is 0 Å². The summed E-state index contributed by atoms with van der Waals surface area (Å²) in [6.45, 7) is 1.11. The molecule has 0 amide bonds. The number of halogens is 1. The van der Waals surface area contributed by atoms with E-state index in [1.807, 2.05) is 12.3 Å². The van der Waals surface area contributed by atoms with Crippen molar-refractivity contribution in [3.05, 3.63) is 34.1 Å². The predicted octanol–water partition coefficient (Wildman–Crippen LogP) is 2.09. The first-order chi connectivity index (χ1) is 7.78. The van der Waals surface area contributed by atoms with E-state index in [4.69, 9.17) is 5.26 Å². The minimum Gasteiger partial charge on any atom is -0.310 e. The summed E-state index contributed by atoms with van der Waals surface area (Å²) >= 11 is 3.27. The van der Waals surface area contributed by atoms with Gasteiger partial charge in [0.15, 0.2) is 0 Å². The lowest BCUT2D eigenvalue weighted by Gasteiger charge is -2.31. The number of hydrogen-bond donors (Lipinski definition) is 1. The molecule has 3 rings (SSSR count). The summed E-state index contributed by atoms with van der Waals surface area (Å²) in [5.74, 6) is 0.754. The van der Waals surface area contributed by atoms with Crippen LogP contribution in [0.25, 0.3) is 5.57 Å². The predicted molar refractivity (Wildman–Crippen MR) is 64.5 cm³/mol. The van der Waals surface area contributed by atoms with Gasteiger partial charge in [0.1, 0.15) is 10.7 Å². The van der Waals surface area contributed by atoms with E-state index in [1.54, 1.807) is 0 Å². The highest BCUT2D eigenvalue weighted by atomic mass is 79.9. The van der Waals surface area contributed by atoms with Crippen LogP contribution in [0.2, 0.25) is 0 Å². The van der Waals surface area contributed by atoms with Gasteiger partial charge in [-0.25, -0.2) is 4.98 Å². The SMILES string of the molecule is N#Cc1cc(C2=C[C@H]3NC[C@H]3C2)cnc1Br. The maximum Gasteiger partial charge on any atom is 0.123 e. The van der Waals surface area contributed by atoms with Crippen LogP contribution in [0.15, 0.2) is 22.9 Å². The number of fused-ring (bicyclic) bond motifs is 1. The van der Waals surface area contributed by atoms with Gasteiger partial charge in [0, 0.05) is 18.8 Å². The molecule has 80 valence electrons. The molecule has 0 saturated carbocycles. The molecule has 1 fully saturated rings. The Kier molecular flexibility index (Phi) is 2.31. The quantitative estimate of drug-likeness (QED) is 0.799. The summed E-state index contributed by atoms with van der Waals surface area (Å²) in [5, 5.41) is 12.3. The molecule has 0 aromatic carbocycles. The van der Waals surface area contributed by atoms with E-state index in [2.05, 4.69) is 38.4 Å². The molecule has 1 aliphatic carbocycles. The Balaban J connectivity index is 1.96. The largest absolute Gasteiger partial charge is 0.310 e. The van der Waals surface area contributed by atoms with Crippen LogP contribution < -0.4 is 5.32 Å². The zero-order valence-electron chi connectivity index (χ0n) is 8.57. The molecule has 0 bridgehead atoms. The van der Waals surface area contributed by atoms with E-state index < -0.39 is 0 Å². The highest BCUT2D eigenvalue weighted by Crippen LogP contribution is 2.36. The molecule has 2 atom stereocenters. The van der Waals surface area contributed by atoms with Crippen molar-refractivity contribution in [3.63, 3.8) is 0 Å². The van der Waals surface area contributed by atoms with E-state index in [1.165, 1.54) is 5.57 Å². The second-order valence-corrected chi connectivity index (χ2v) is 5.02. The maximum atomic E-state index is 8.95. The Labute approximate surface area is 102 Å². The third kappa shape index (κ3) is 1.48. The molecule has 1 aromatic heterocycles. The summed E-state index contributed by atoms with van der Waals surface area (Å²) in [6, 6.07) is 4.60. The van der Waals surface area contributed by atoms with E-state index in [0.29, 0.717) is 16.2 Å². The Hall–Kier alpha value is -1.18. The lowest BCUT2D eigenvalue weighted by molar-refractivity contribution is 0.301. The number of aromatic nitrogens is 1. The molecular weight excluding hydrogens is 266 g/mol. The summed E-state index contributed by atoms with van der Waals surface area (Å²) < 4.78 is 0.624. The molecule has 16 heavy (non-hydrogen) atoms. The molecule has 0 radical (unpaired) electrons. The fourth-order valence-corrected chi connectivity index (χ4v) is 2.60. The second kappa shape index (κ2) is 3.69. The molecule has 0 spiro atoms. The molecule has 2 aliphatic rings. The van der Waals surface area contributed by atoms with Crippen molar-refractivity contribution in [1.29, 1.82) is 5.26 Å². The van der Waals surface area contributed by atoms with Gasteiger partial charge < -0.3 is 5.32 Å². The average Bonchev–Trinajstić information content (AvgIpc) is 2.56. The van der Waals surface area contributed by atoms with Crippen LogP contribution >= 0.6 is 15.9 Å². The van der Waals surface area contributed by atoms with E-state index in [-0.39, 0.29) is 0 Å². The van der Waals surface area contributed by atoms with Gasteiger partial charge in [-0.1, -0.05) is 6.08 Å². The van der Waals surface area contributed by atoms with E-state index in [0.717, 1.165) is 24.4 Å². The summed E-state index contributed by atoms with van der Waals surface area (Å²) in [5.41, 5.74) is 3.00. The zero-order chi connectivity index (χ0) is 11.1. The maximum absolute atomic E-state index is 8.95. The summed E-state index contributed by atoms with van der Waals surface area (Å²) in [7, 11) is 0. The zero-order valence-corrected chi connectivity index (χ0v) is 10.2. The molecule has 0 unspecified atom stereocenters. The highest BCUT2D eigenvalue weighted by Gasteiger charge is 2.34. The Bertz CT molecular complexity index is 515. The molecule has 1 aromatic rings. The number of nitrogens with one attached hydrogen (secondary N) is 1. The molecule has 3 nitrogen and oxygen atoms in total. The number of nitriles is 1. The standard InChI is InChI=1S/C12H10BrN3/c13-12-8(4-14)2-9(5-16-12)7-1-10-6-15-11(10)3-7/h2-3,5,10-11,15H,1,6H2/t10-,11-/m1/s1. The molecule has 4 heteroatoms. The van der Waals surface area contributed by atoms with Crippen molar-refractivity contribution in [3.8, 4) is 6.07 Å². The number of pyridine rings is 1. The third-order valence-electron chi connectivity index (χ3n) is 3.32. The van der Waals surface area contributed by atoms with Gasteiger partial charge in [-0.3, -0.25) is 0 Å². The Morgan fingerprint density at radius 2 is 2.44 bits per heavy atom. The van der Waals surface area contributed by atoms with Crippen LogP contribution in [0.4, 0.5) is 0 Å². The second-order valence-electron chi connectivity index (χ2n) is 4.26. The van der Waals surface area contributed by atoms with Crippen molar-refractivity contribution >= 4 is 21.5 Å². The third-order valence-corrected chi connectivity index (χ3v) is 3.95. The normalized spacial score (nSPS) is 26.6. The number of rotatable bonds is 1. The van der Waals surface area contributed by atoms with Crippen LogP contribution in [0.5, 0.6) is 0 Å². The van der Waals surface area contributed by atoms with Crippen molar-refractivity contribution in [1.82, 2.24) is 10.3 Å². The number of hydrogen-bond acceptors (Lipinski definition) is 3. The lowest BCUT2D eigenvalue weighted by atomic mass is 9.93. The monoisotopic (exact) mass is 275 g/mol. The topological polar surface area (TPSA) is 48.7 Å². The van der Waals surface area contributed by atoms with Crippen molar-refractivity contribution in [2.75, 3.05) is 6.54 Å². The van der Waals surface area contributed by atoms with Crippen molar-refractivity contribution in [2.24, 2.45) is 5.92 Å². The van der Waals surface area contributed by atoms with Crippen molar-refractivity contribution in [2.45, 2.75) is 12.5 Å². The van der Waals surface area contributed by atoms with Gasteiger partial charge in [0.25, 0.3) is 0 Å². The first-order valence-electron chi connectivity index (χ1n) is 5.28. The minimum absolute atomic E-state index is 0.546. The molecular formula is C12H10BrN3. The highest BCUT2D eigenvalue weighted by molar-refractivity contribution is 9.10. The lowest BCUT2D eigenvalue weighted by Crippen LogP contribution is -2.49. The molecule has 1 saturated heterocycles. The number of nitrogens with zero attached hydrogens (tertiary/aromatic N) is 2. The first-order valence-corrected chi connectivity index (χ1v) is 6.07. The molecule has 2 heterocycles. The summed E-state index contributed by atoms with van der Waals surface area (Å²) in [4.78, 5) is 4.20. The fraction of sp³-hybridized carbons (Fsp3) is 0.333. The Morgan fingerprint density at radius 3 is 3.00 bits per heavy atom. The summed E-state index contributed by atoms with van der Waals surface area (Å²) in [6.07, 6.45) is 5.20. The van der Waals surface area contributed by atoms with Gasteiger partial charge >= 0.3 is 0 Å². The van der Waals surface area contributed by atoms with Crippen LogP contribution in [-0.2, 0) is 0 Å². The van der Waals surface area contributed by atoms with Crippen LogP contribution in [-0.4, -0.2) is 17.6 Å². The van der Waals surface area contributed by atoms with Crippen molar-refractivity contribution < 1.29 is 0 Å². The average molecular weight is 276 g/mol. The van der Waals surface area contributed by atoms with E-state index >= 15 is 0 Å². The molecule has 1 aliphatic heterocycles. The smallest absolute Gasteiger partial charge is 0.123 e. The van der Waals surface area contributed by atoms with Crippen LogP contribution in [0.3, 0.4) is 0 Å². The molecule has 1 N–H and O–H groups in total. The van der Waals surface area contributed by atoms with Crippen LogP contribution in [0.1, 0.15) is 17.5 Å². The van der Waals surface area contributed by atoms with E-state index in [9.17, 15) is 0 Å². The first kappa shape index (κ1) is 10.0.